The van der Waals surface area contributed by atoms with E-state index in [0.717, 1.165) is 19.1 Å². The highest BCUT2D eigenvalue weighted by molar-refractivity contribution is 4.87. The Balaban J connectivity index is 1.92. The maximum Gasteiger partial charge on any atom is 0.0731 e. The van der Waals surface area contributed by atoms with Crippen LogP contribution in [0.3, 0.4) is 0 Å². The summed E-state index contributed by atoms with van der Waals surface area (Å²) in [4.78, 5) is 0. The van der Waals surface area contributed by atoms with Gasteiger partial charge in [0.05, 0.1) is 6.10 Å². The molecule has 1 saturated heterocycles. The van der Waals surface area contributed by atoms with Gasteiger partial charge in [-0.15, -0.1) is 0 Å². The SMILES string of the molecule is CCNC(C1CCCCCC1)C1CCCO1. The van der Waals surface area contributed by atoms with Crippen molar-refractivity contribution in [2.75, 3.05) is 13.2 Å². The molecule has 0 aromatic carbocycles. The highest BCUT2D eigenvalue weighted by Crippen LogP contribution is 2.30. The van der Waals surface area contributed by atoms with Crippen molar-refractivity contribution in [2.45, 2.75) is 70.4 Å². The van der Waals surface area contributed by atoms with Gasteiger partial charge in [0.2, 0.25) is 0 Å². The highest BCUT2D eigenvalue weighted by Gasteiger charge is 2.31. The molecule has 1 aliphatic heterocycles. The molecule has 1 N–H and O–H groups in total. The van der Waals surface area contributed by atoms with Gasteiger partial charge in [0, 0.05) is 12.6 Å². The van der Waals surface area contributed by atoms with E-state index in [2.05, 4.69) is 12.2 Å². The van der Waals surface area contributed by atoms with Crippen LogP contribution in [-0.4, -0.2) is 25.3 Å². The molecule has 2 heteroatoms. The molecule has 2 fully saturated rings. The van der Waals surface area contributed by atoms with Gasteiger partial charge in [0.1, 0.15) is 0 Å². The summed E-state index contributed by atoms with van der Waals surface area (Å²) in [6.45, 7) is 4.29. The molecule has 0 spiro atoms. The van der Waals surface area contributed by atoms with E-state index in [9.17, 15) is 0 Å². The molecule has 2 rings (SSSR count). The number of nitrogens with one attached hydrogen (secondary N) is 1. The second kappa shape index (κ2) is 6.61. The van der Waals surface area contributed by atoms with E-state index < -0.39 is 0 Å². The Bertz CT molecular complexity index is 181. The molecule has 94 valence electrons. The van der Waals surface area contributed by atoms with Gasteiger partial charge >= 0.3 is 0 Å². The standard InChI is InChI=1S/C14H27NO/c1-2-15-14(13-10-7-11-16-13)12-8-5-3-4-6-9-12/h12-15H,2-11H2,1H3. The Morgan fingerprint density at radius 3 is 2.38 bits per heavy atom. The Morgan fingerprint density at radius 2 is 1.81 bits per heavy atom. The van der Waals surface area contributed by atoms with Crippen LogP contribution in [0.1, 0.15) is 58.3 Å². The third kappa shape index (κ3) is 3.21. The van der Waals surface area contributed by atoms with Crippen molar-refractivity contribution in [3.8, 4) is 0 Å². The lowest BCUT2D eigenvalue weighted by atomic mass is 9.87. The summed E-state index contributed by atoms with van der Waals surface area (Å²) in [6.07, 6.45) is 11.6. The number of hydrogen-bond donors (Lipinski definition) is 1. The Kier molecular flexibility index (Phi) is 5.11. The van der Waals surface area contributed by atoms with E-state index >= 15 is 0 Å². The van der Waals surface area contributed by atoms with Gasteiger partial charge in [-0.05, 0) is 38.1 Å². The summed E-state index contributed by atoms with van der Waals surface area (Å²) >= 11 is 0. The van der Waals surface area contributed by atoms with E-state index in [1.807, 2.05) is 0 Å². The van der Waals surface area contributed by atoms with E-state index in [4.69, 9.17) is 4.74 Å². The Hall–Kier alpha value is -0.0800. The zero-order chi connectivity index (χ0) is 11.2. The van der Waals surface area contributed by atoms with Crippen molar-refractivity contribution in [3.63, 3.8) is 0 Å². The van der Waals surface area contributed by atoms with Crippen LogP contribution in [0.25, 0.3) is 0 Å². The molecule has 1 aliphatic carbocycles. The van der Waals surface area contributed by atoms with Gasteiger partial charge in [-0.2, -0.15) is 0 Å². The van der Waals surface area contributed by atoms with Crippen molar-refractivity contribution in [1.82, 2.24) is 5.32 Å². The fourth-order valence-corrected chi connectivity index (χ4v) is 3.39. The maximum atomic E-state index is 5.90. The van der Waals surface area contributed by atoms with E-state index in [-0.39, 0.29) is 0 Å². The zero-order valence-corrected chi connectivity index (χ0v) is 10.7. The monoisotopic (exact) mass is 225 g/mol. The molecule has 0 aromatic rings. The van der Waals surface area contributed by atoms with Gasteiger partial charge in [-0.3, -0.25) is 0 Å². The predicted octanol–water partition coefficient (Wildman–Crippen LogP) is 3.11. The van der Waals surface area contributed by atoms with E-state index in [0.29, 0.717) is 12.1 Å². The highest BCUT2D eigenvalue weighted by atomic mass is 16.5. The molecule has 2 unspecified atom stereocenters. The molecule has 16 heavy (non-hydrogen) atoms. The summed E-state index contributed by atoms with van der Waals surface area (Å²) in [7, 11) is 0. The second-order valence-corrected chi connectivity index (χ2v) is 5.39. The normalized spacial score (nSPS) is 30.2. The first-order valence-corrected chi connectivity index (χ1v) is 7.27. The van der Waals surface area contributed by atoms with Gasteiger partial charge in [-0.25, -0.2) is 0 Å². The Morgan fingerprint density at radius 1 is 1.06 bits per heavy atom. The lowest BCUT2D eigenvalue weighted by Crippen LogP contribution is -2.45. The number of likely N-dealkylation sites (N-methyl/N-ethyl adjacent to an activating group) is 1. The fraction of sp³-hybridized carbons (Fsp3) is 1.00. The fourth-order valence-electron chi connectivity index (χ4n) is 3.39. The minimum atomic E-state index is 0.503. The van der Waals surface area contributed by atoms with Gasteiger partial charge < -0.3 is 10.1 Å². The average molecular weight is 225 g/mol. The van der Waals surface area contributed by atoms with Gasteiger partial charge in [0.15, 0.2) is 0 Å². The van der Waals surface area contributed by atoms with Crippen LogP contribution in [0.4, 0.5) is 0 Å². The van der Waals surface area contributed by atoms with Crippen LogP contribution in [0.2, 0.25) is 0 Å². The average Bonchev–Trinajstić information content (AvgIpc) is 2.69. The molecule has 0 aromatic heterocycles. The first-order valence-electron chi connectivity index (χ1n) is 7.27. The molecular formula is C14H27NO. The van der Waals surface area contributed by atoms with Crippen LogP contribution in [0, 0.1) is 5.92 Å². The minimum Gasteiger partial charge on any atom is -0.377 e. The topological polar surface area (TPSA) is 21.3 Å². The summed E-state index contributed by atoms with van der Waals surface area (Å²) < 4.78 is 5.90. The van der Waals surface area contributed by atoms with Crippen molar-refractivity contribution in [2.24, 2.45) is 5.92 Å². The second-order valence-electron chi connectivity index (χ2n) is 5.39. The molecule has 2 atom stereocenters. The summed E-state index contributed by atoms with van der Waals surface area (Å²) in [5, 5.41) is 3.70. The largest absolute Gasteiger partial charge is 0.377 e. The lowest BCUT2D eigenvalue weighted by molar-refractivity contribution is 0.0549. The van der Waals surface area contributed by atoms with Gasteiger partial charge in [-0.1, -0.05) is 32.6 Å². The van der Waals surface area contributed by atoms with Crippen LogP contribution in [0.5, 0.6) is 0 Å². The number of ether oxygens (including phenoxy) is 1. The predicted molar refractivity (Wildman–Crippen MR) is 67.6 cm³/mol. The summed E-state index contributed by atoms with van der Waals surface area (Å²) in [5.41, 5.74) is 0. The van der Waals surface area contributed by atoms with Crippen LogP contribution in [0.15, 0.2) is 0 Å². The first kappa shape index (κ1) is 12.4. The number of rotatable bonds is 4. The molecule has 1 saturated carbocycles. The third-order valence-corrected chi connectivity index (χ3v) is 4.21. The smallest absolute Gasteiger partial charge is 0.0731 e. The van der Waals surface area contributed by atoms with E-state index in [1.54, 1.807) is 0 Å². The van der Waals surface area contributed by atoms with Crippen molar-refractivity contribution in [1.29, 1.82) is 0 Å². The Labute approximate surface area is 100 Å². The molecule has 0 amide bonds. The summed E-state index contributed by atoms with van der Waals surface area (Å²) in [6, 6.07) is 0.630. The molecule has 2 aliphatic rings. The molecule has 2 nitrogen and oxygen atoms in total. The van der Waals surface area contributed by atoms with Crippen LogP contribution >= 0.6 is 0 Å². The van der Waals surface area contributed by atoms with Crippen molar-refractivity contribution >= 4 is 0 Å². The molecular weight excluding hydrogens is 198 g/mol. The van der Waals surface area contributed by atoms with Crippen molar-refractivity contribution < 1.29 is 4.74 Å². The number of hydrogen-bond acceptors (Lipinski definition) is 2. The molecule has 1 heterocycles. The molecule has 0 bridgehead atoms. The van der Waals surface area contributed by atoms with Crippen LogP contribution in [-0.2, 0) is 4.74 Å². The van der Waals surface area contributed by atoms with E-state index in [1.165, 1.54) is 51.4 Å². The quantitative estimate of drug-likeness (QED) is 0.742. The maximum absolute atomic E-state index is 5.90. The van der Waals surface area contributed by atoms with Gasteiger partial charge in [0.25, 0.3) is 0 Å². The summed E-state index contributed by atoms with van der Waals surface area (Å²) in [5.74, 6) is 0.866. The minimum absolute atomic E-state index is 0.503. The molecule has 0 radical (unpaired) electrons. The third-order valence-electron chi connectivity index (χ3n) is 4.21. The zero-order valence-electron chi connectivity index (χ0n) is 10.7. The van der Waals surface area contributed by atoms with Crippen molar-refractivity contribution in [3.05, 3.63) is 0 Å². The first-order chi connectivity index (χ1) is 7.92. The van der Waals surface area contributed by atoms with Crippen LogP contribution < -0.4 is 5.32 Å². The lowest BCUT2D eigenvalue weighted by Gasteiger charge is -2.31.